The minimum absolute atomic E-state index is 0.0261. The standard InChI is InChI=1S/C12H12F3NOS/c1-2-5-16-9(17)6-18-12(16)7-3-4-8(13)11(15)10(7)14/h3-4,12H,2,5-6H2,1H3. The normalized spacial score (nSPS) is 19.7. The van der Waals surface area contributed by atoms with Gasteiger partial charge in [0.2, 0.25) is 5.91 Å². The van der Waals surface area contributed by atoms with Crippen LogP contribution in [0.3, 0.4) is 0 Å². The van der Waals surface area contributed by atoms with E-state index in [1.54, 1.807) is 0 Å². The number of rotatable bonds is 3. The second-order valence-corrected chi connectivity index (χ2v) is 5.08. The molecule has 1 aromatic rings. The van der Waals surface area contributed by atoms with Gasteiger partial charge in [0.1, 0.15) is 5.37 Å². The minimum atomic E-state index is -1.48. The third kappa shape index (κ3) is 2.21. The first-order chi connectivity index (χ1) is 8.56. The maximum atomic E-state index is 13.7. The lowest BCUT2D eigenvalue weighted by Gasteiger charge is -2.24. The first-order valence-corrected chi connectivity index (χ1v) is 6.65. The zero-order valence-electron chi connectivity index (χ0n) is 9.75. The van der Waals surface area contributed by atoms with Crippen molar-refractivity contribution in [1.82, 2.24) is 4.90 Å². The Labute approximate surface area is 107 Å². The molecule has 2 rings (SSSR count). The van der Waals surface area contributed by atoms with Crippen molar-refractivity contribution >= 4 is 17.7 Å². The number of benzene rings is 1. The average Bonchev–Trinajstić information content (AvgIpc) is 2.70. The van der Waals surface area contributed by atoms with E-state index < -0.39 is 22.8 Å². The molecule has 1 aromatic carbocycles. The Kier molecular flexibility index (Phi) is 3.85. The Bertz CT molecular complexity index is 481. The van der Waals surface area contributed by atoms with Crippen LogP contribution >= 0.6 is 11.8 Å². The molecule has 0 bridgehead atoms. The molecular weight excluding hydrogens is 263 g/mol. The predicted octanol–water partition coefficient (Wildman–Crippen LogP) is 3.09. The van der Waals surface area contributed by atoms with Crippen molar-refractivity contribution < 1.29 is 18.0 Å². The van der Waals surface area contributed by atoms with E-state index in [0.717, 1.165) is 12.5 Å². The van der Waals surface area contributed by atoms with E-state index in [2.05, 4.69) is 0 Å². The maximum Gasteiger partial charge on any atom is 0.233 e. The number of carbonyl (C=O) groups is 1. The second-order valence-electron chi connectivity index (χ2n) is 4.02. The molecule has 1 unspecified atom stereocenters. The molecule has 18 heavy (non-hydrogen) atoms. The van der Waals surface area contributed by atoms with Crippen molar-refractivity contribution in [1.29, 1.82) is 0 Å². The molecule has 1 amide bonds. The topological polar surface area (TPSA) is 20.3 Å². The van der Waals surface area contributed by atoms with E-state index in [1.165, 1.54) is 22.7 Å². The monoisotopic (exact) mass is 275 g/mol. The second kappa shape index (κ2) is 5.22. The van der Waals surface area contributed by atoms with Gasteiger partial charge in [-0.25, -0.2) is 13.2 Å². The summed E-state index contributed by atoms with van der Waals surface area (Å²) < 4.78 is 39.7. The molecule has 2 nitrogen and oxygen atoms in total. The number of hydrogen-bond acceptors (Lipinski definition) is 2. The molecule has 1 heterocycles. The van der Waals surface area contributed by atoms with Gasteiger partial charge in [-0.1, -0.05) is 13.0 Å². The molecule has 1 saturated heterocycles. The van der Waals surface area contributed by atoms with Gasteiger partial charge in [0.05, 0.1) is 5.75 Å². The van der Waals surface area contributed by atoms with Crippen LogP contribution in [0.4, 0.5) is 13.2 Å². The molecule has 0 radical (unpaired) electrons. The van der Waals surface area contributed by atoms with Gasteiger partial charge in [0.25, 0.3) is 0 Å². The lowest BCUT2D eigenvalue weighted by molar-refractivity contribution is -0.128. The number of halogens is 3. The van der Waals surface area contributed by atoms with Gasteiger partial charge in [0.15, 0.2) is 17.5 Å². The summed E-state index contributed by atoms with van der Waals surface area (Å²) in [5, 5.41) is -0.562. The van der Waals surface area contributed by atoms with Gasteiger partial charge in [-0.2, -0.15) is 0 Å². The maximum absolute atomic E-state index is 13.7. The highest BCUT2D eigenvalue weighted by atomic mass is 32.2. The lowest BCUT2D eigenvalue weighted by atomic mass is 10.1. The van der Waals surface area contributed by atoms with Gasteiger partial charge >= 0.3 is 0 Å². The summed E-state index contributed by atoms with van der Waals surface area (Å²) in [4.78, 5) is 13.1. The lowest BCUT2D eigenvalue weighted by Crippen LogP contribution is -2.29. The third-order valence-corrected chi connectivity index (χ3v) is 4.00. The van der Waals surface area contributed by atoms with Crippen molar-refractivity contribution in [3.05, 3.63) is 35.1 Å². The van der Waals surface area contributed by atoms with E-state index in [9.17, 15) is 18.0 Å². The molecule has 0 aliphatic carbocycles. The Hall–Kier alpha value is -1.17. The first kappa shape index (κ1) is 13.3. The SMILES string of the molecule is CCCN1C(=O)CSC1c1ccc(F)c(F)c1F. The van der Waals surface area contributed by atoms with E-state index in [1.807, 2.05) is 6.92 Å². The Balaban J connectivity index is 2.36. The van der Waals surface area contributed by atoms with Gasteiger partial charge in [-0.3, -0.25) is 4.79 Å². The molecule has 0 aromatic heterocycles. The molecule has 1 atom stereocenters. The Morgan fingerprint density at radius 2 is 2.06 bits per heavy atom. The highest BCUT2D eigenvalue weighted by Gasteiger charge is 2.34. The van der Waals surface area contributed by atoms with Crippen LogP contribution in [-0.2, 0) is 4.79 Å². The van der Waals surface area contributed by atoms with E-state index >= 15 is 0 Å². The third-order valence-electron chi connectivity index (χ3n) is 2.76. The Morgan fingerprint density at radius 3 is 2.72 bits per heavy atom. The summed E-state index contributed by atoms with van der Waals surface area (Å²) in [6, 6.07) is 2.09. The fraction of sp³-hybridized carbons (Fsp3) is 0.417. The number of nitrogens with zero attached hydrogens (tertiary/aromatic N) is 1. The van der Waals surface area contributed by atoms with Crippen molar-refractivity contribution in [2.24, 2.45) is 0 Å². The summed E-state index contributed by atoms with van der Waals surface area (Å²) in [6.45, 7) is 2.38. The molecule has 0 saturated carbocycles. The average molecular weight is 275 g/mol. The van der Waals surface area contributed by atoms with Crippen LogP contribution in [-0.4, -0.2) is 23.1 Å². The van der Waals surface area contributed by atoms with Crippen molar-refractivity contribution in [3.8, 4) is 0 Å². The van der Waals surface area contributed by atoms with Crippen LogP contribution in [0, 0.1) is 17.5 Å². The summed E-state index contributed by atoms with van der Waals surface area (Å²) in [7, 11) is 0. The van der Waals surface area contributed by atoms with E-state index in [4.69, 9.17) is 0 Å². The highest BCUT2D eigenvalue weighted by molar-refractivity contribution is 8.00. The van der Waals surface area contributed by atoms with Gasteiger partial charge in [-0.15, -0.1) is 11.8 Å². The number of carbonyl (C=O) groups excluding carboxylic acids is 1. The summed E-state index contributed by atoms with van der Waals surface area (Å²) in [5.41, 5.74) is 0.0261. The molecule has 0 N–H and O–H groups in total. The molecule has 0 spiro atoms. The first-order valence-electron chi connectivity index (χ1n) is 5.60. The fourth-order valence-electron chi connectivity index (χ4n) is 1.93. The van der Waals surface area contributed by atoms with Crippen molar-refractivity contribution in [2.45, 2.75) is 18.7 Å². The molecule has 6 heteroatoms. The summed E-state index contributed by atoms with van der Waals surface area (Å²) in [5.74, 6) is -3.76. The molecule has 98 valence electrons. The smallest absolute Gasteiger partial charge is 0.233 e. The molecule has 1 aliphatic heterocycles. The van der Waals surface area contributed by atoms with Crippen LogP contribution in [0.1, 0.15) is 24.3 Å². The van der Waals surface area contributed by atoms with E-state index in [-0.39, 0.29) is 17.2 Å². The van der Waals surface area contributed by atoms with E-state index in [0.29, 0.717) is 6.54 Å². The van der Waals surface area contributed by atoms with Gasteiger partial charge in [-0.05, 0) is 12.5 Å². The van der Waals surface area contributed by atoms with Crippen LogP contribution in [0.15, 0.2) is 12.1 Å². The minimum Gasteiger partial charge on any atom is -0.326 e. The largest absolute Gasteiger partial charge is 0.326 e. The number of thioether (sulfide) groups is 1. The Morgan fingerprint density at radius 1 is 1.33 bits per heavy atom. The van der Waals surface area contributed by atoms with Crippen LogP contribution < -0.4 is 0 Å². The molecular formula is C12H12F3NOS. The number of hydrogen-bond donors (Lipinski definition) is 0. The summed E-state index contributed by atoms with van der Waals surface area (Å²) in [6.07, 6.45) is 0.730. The quantitative estimate of drug-likeness (QED) is 0.790. The molecule has 1 fully saturated rings. The van der Waals surface area contributed by atoms with Crippen LogP contribution in [0.25, 0.3) is 0 Å². The van der Waals surface area contributed by atoms with Crippen molar-refractivity contribution in [3.63, 3.8) is 0 Å². The van der Waals surface area contributed by atoms with Gasteiger partial charge in [0, 0.05) is 12.1 Å². The summed E-state index contributed by atoms with van der Waals surface area (Å²) >= 11 is 1.23. The number of amides is 1. The van der Waals surface area contributed by atoms with Crippen LogP contribution in [0.5, 0.6) is 0 Å². The zero-order valence-corrected chi connectivity index (χ0v) is 10.6. The fourth-order valence-corrected chi connectivity index (χ4v) is 3.16. The van der Waals surface area contributed by atoms with Crippen molar-refractivity contribution in [2.75, 3.05) is 12.3 Å². The zero-order chi connectivity index (χ0) is 13.3. The van der Waals surface area contributed by atoms with Crippen LogP contribution in [0.2, 0.25) is 0 Å². The van der Waals surface area contributed by atoms with Gasteiger partial charge < -0.3 is 4.90 Å². The highest BCUT2D eigenvalue weighted by Crippen LogP contribution is 2.40. The predicted molar refractivity (Wildman–Crippen MR) is 63.5 cm³/mol. The molecule has 1 aliphatic rings.